The number of fused-ring (bicyclic) bond motifs is 3. The summed E-state index contributed by atoms with van der Waals surface area (Å²) in [7, 11) is 1.61. The number of nitrogens with two attached hydrogens (primary N) is 2. The third kappa shape index (κ3) is 1.94. The van der Waals surface area contributed by atoms with Gasteiger partial charge in [-0.25, -0.2) is 4.99 Å². The summed E-state index contributed by atoms with van der Waals surface area (Å²) >= 11 is 0. The average Bonchev–Trinajstić information content (AvgIpc) is 3.46. The molecular weight excluding hydrogens is 370 g/mol. The van der Waals surface area contributed by atoms with E-state index < -0.39 is 22.8 Å². The lowest BCUT2D eigenvalue weighted by Crippen LogP contribution is -2.91. The maximum atomic E-state index is 10.6. The summed E-state index contributed by atoms with van der Waals surface area (Å²) in [6, 6.07) is 12.1. The number of nitriles is 2. The number of ether oxygens (including phenoxy) is 3. The molecule has 148 valence electrons. The van der Waals surface area contributed by atoms with Gasteiger partial charge in [0.2, 0.25) is 10.8 Å². The second-order valence-corrected chi connectivity index (χ2v) is 7.91. The van der Waals surface area contributed by atoms with Crippen molar-refractivity contribution in [1.29, 1.82) is 10.5 Å². The van der Waals surface area contributed by atoms with Crippen LogP contribution in [0.5, 0.6) is 5.75 Å². The second-order valence-electron chi connectivity index (χ2n) is 7.91. The minimum atomic E-state index is -1.44. The van der Waals surface area contributed by atoms with Crippen LogP contribution in [0.3, 0.4) is 0 Å². The standard InChI is InChI=1S/C21H21N5O3/c1-27-14-7-5-13(6-8-14)17-19(11-22)18(24)26-21(28-9-10-29-21)20(19,12-23)15-3-2-4-16(15)25-17/h5-8,17,25H,2-4,9-10H2,1H3,(H2,24,26)/p+2/t17-,19+,20+/m0/s1. The summed E-state index contributed by atoms with van der Waals surface area (Å²) in [5, 5.41) is 23.4. The van der Waals surface area contributed by atoms with Crippen molar-refractivity contribution in [2.75, 3.05) is 20.3 Å². The molecule has 3 heterocycles. The van der Waals surface area contributed by atoms with E-state index in [0.29, 0.717) is 13.2 Å². The average molecular weight is 393 g/mol. The number of nitrogens with one attached hydrogen (secondary N) is 1. The van der Waals surface area contributed by atoms with Gasteiger partial charge in [0, 0.05) is 17.6 Å². The maximum Gasteiger partial charge on any atom is 0.347 e. The molecule has 4 aliphatic rings. The molecule has 1 fully saturated rings. The van der Waals surface area contributed by atoms with Crippen LogP contribution in [0.1, 0.15) is 30.9 Å². The topological polar surface area (TPSA) is 132 Å². The number of hydrogen-bond acceptors (Lipinski definition) is 6. The van der Waals surface area contributed by atoms with Gasteiger partial charge in [0.1, 0.15) is 17.5 Å². The first-order valence-corrected chi connectivity index (χ1v) is 9.81. The summed E-state index contributed by atoms with van der Waals surface area (Å²) in [6.07, 6.45) is 2.52. The Bertz CT molecular complexity index is 1010. The summed E-state index contributed by atoms with van der Waals surface area (Å²) in [5.74, 6) is -0.492. The second kappa shape index (κ2) is 6.04. The molecule has 1 aromatic carbocycles. The van der Waals surface area contributed by atoms with Crippen LogP contribution in [0.4, 0.5) is 0 Å². The van der Waals surface area contributed by atoms with Crippen LogP contribution in [0.15, 0.2) is 35.5 Å². The van der Waals surface area contributed by atoms with Crippen molar-refractivity contribution in [3.63, 3.8) is 0 Å². The highest BCUT2D eigenvalue weighted by Crippen LogP contribution is 2.62. The largest absolute Gasteiger partial charge is 0.497 e. The van der Waals surface area contributed by atoms with Gasteiger partial charge in [0.15, 0.2) is 0 Å². The number of nitrogens with zero attached hydrogens (tertiary/aromatic N) is 2. The highest BCUT2D eigenvalue weighted by molar-refractivity contribution is 5.90. The molecule has 0 unspecified atom stereocenters. The molecule has 1 aliphatic carbocycles. The highest BCUT2D eigenvalue weighted by Gasteiger charge is 2.85. The van der Waals surface area contributed by atoms with Crippen LogP contribution in [-0.4, -0.2) is 32.1 Å². The molecule has 5 rings (SSSR count). The molecule has 0 saturated carbocycles. The molecule has 0 aromatic heterocycles. The molecule has 3 aliphatic heterocycles. The van der Waals surface area contributed by atoms with E-state index in [1.165, 1.54) is 0 Å². The normalized spacial score (nSPS) is 34.3. The number of rotatable bonds is 2. The summed E-state index contributed by atoms with van der Waals surface area (Å²) in [6.45, 7) is 0.676. The highest BCUT2D eigenvalue weighted by atomic mass is 16.8. The summed E-state index contributed by atoms with van der Waals surface area (Å²) in [4.78, 5) is 3.12. The van der Waals surface area contributed by atoms with Crippen LogP contribution in [0.25, 0.3) is 0 Å². The van der Waals surface area contributed by atoms with Crippen LogP contribution >= 0.6 is 0 Å². The Morgan fingerprint density at radius 1 is 1.17 bits per heavy atom. The molecule has 5 N–H and O–H groups in total. The monoisotopic (exact) mass is 393 g/mol. The molecule has 29 heavy (non-hydrogen) atoms. The fraction of sp³-hybridized carbons (Fsp3) is 0.476. The van der Waals surface area contributed by atoms with Gasteiger partial charge in [-0.3, -0.25) is 5.73 Å². The SMILES string of the molecule is COc1ccc([C@@H]2[NH2+]C3=C(CCC3)[C@@]3(C#N)C4([NH+]=C(N)[C@@]23C#N)OCCO4)cc1. The van der Waals surface area contributed by atoms with E-state index in [2.05, 4.69) is 22.4 Å². The van der Waals surface area contributed by atoms with Gasteiger partial charge < -0.3 is 19.5 Å². The van der Waals surface area contributed by atoms with Crippen molar-refractivity contribution < 1.29 is 24.5 Å². The van der Waals surface area contributed by atoms with Crippen molar-refractivity contribution in [3.05, 3.63) is 41.1 Å². The zero-order chi connectivity index (χ0) is 20.3. The quantitative estimate of drug-likeness (QED) is 0.586. The van der Waals surface area contributed by atoms with E-state index in [0.717, 1.165) is 41.8 Å². The Balaban J connectivity index is 1.79. The number of hydrogen-bond donors (Lipinski definition) is 3. The molecular formula is C21H23N5O3+2. The molecule has 8 nitrogen and oxygen atoms in total. The molecule has 8 heteroatoms. The smallest absolute Gasteiger partial charge is 0.347 e. The van der Waals surface area contributed by atoms with Gasteiger partial charge in [0.25, 0.3) is 5.84 Å². The van der Waals surface area contributed by atoms with Gasteiger partial charge in [-0.05, 0) is 37.1 Å². The molecule has 1 saturated heterocycles. The Hall–Kier alpha value is -2.91. The predicted octanol–water partition coefficient (Wildman–Crippen LogP) is -1.08. The van der Waals surface area contributed by atoms with Gasteiger partial charge >= 0.3 is 5.91 Å². The third-order valence-corrected chi connectivity index (χ3v) is 6.87. The number of allylic oxidation sites excluding steroid dienone is 1. The van der Waals surface area contributed by atoms with Crippen molar-refractivity contribution in [1.82, 2.24) is 0 Å². The number of amidine groups is 1. The van der Waals surface area contributed by atoms with Crippen LogP contribution in [0.2, 0.25) is 0 Å². The van der Waals surface area contributed by atoms with E-state index in [-0.39, 0.29) is 5.84 Å². The van der Waals surface area contributed by atoms with E-state index >= 15 is 0 Å². The van der Waals surface area contributed by atoms with Crippen molar-refractivity contribution >= 4 is 5.84 Å². The van der Waals surface area contributed by atoms with Crippen LogP contribution in [0, 0.1) is 33.5 Å². The van der Waals surface area contributed by atoms with E-state index in [1.807, 2.05) is 24.3 Å². The lowest BCUT2D eigenvalue weighted by Gasteiger charge is -2.45. The fourth-order valence-corrected chi connectivity index (χ4v) is 5.68. The molecule has 0 radical (unpaired) electrons. The van der Waals surface area contributed by atoms with Gasteiger partial charge in [-0.15, -0.1) is 0 Å². The van der Waals surface area contributed by atoms with Gasteiger partial charge in [-0.2, -0.15) is 10.5 Å². The molecule has 0 amide bonds. The Morgan fingerprint density at radius 3 is 2.52 bits per heavy atom. The van der Waals surface area contributed by atoms with Crippen LogP contribution in [-0.2, 0) is 9.47 Å². The maximum absolute atomic E-state index is 10.6. The zero-order valence-electron chi connectivity index (χ0n) is 16.2. The Kier molecular flexibility index (Phi) is 3.78. The summed E-state index contributed by atoms with van der Waals surface area (Å²) < 4.78 is 17.3. The first kappa shape index (κ1) is 18.1. The Labute approximate surface area is 168 Å². The first-order valence-electron chi connectivity index (χ1n) is 9.81. The summed E-state index contributed by atoms with van der Waals surface area (Å²) in [5.41, 5.74) is 6.72. The Morgan fingerprint density at radius 2 is 1.90 bits per heavy atom. The molecule has 3 atom stereocenters. The number of benzene rings is 1. The third-order valence-electron chi connectivity index (χ3n) is 6.87. The first-order chi connectivity index (χ1) is 14.1. The van der Waals surface area contributed by atoms with Crippen molar-refractivity contribution in [3.8, 4) is 17.9 Å². The molecule has 1 spiro atoms. The van der Waals surface area contributed by atoms with Crippen molar-refractivity contribution in [2.45, 2.75) is 31.2 Å². The van der Waals surface area contributed by atoms with E-state index in [4.69, 9.17) is 19.9 Å². The minimum Gasteiger partial charge on any atom is -0.497 e. The number of methoxy groups -OCH3 is 1. The molecule has 0 bridgehead atoms. The minimum absolute atomic E-state index is 0.221. The zero-order valence-corrected chi connectivity index (χ0v) is 16.2. The van der Waals surface area contributed by atoms with Crippen molar-refractivity contribution in [2.24, 2.45) is 16.6 Å². The molecule has 1 aromatic rings. The van der Waals surface area contributed by atoms with Gasteiger partial charge in [-0.1, -0.05) is 0 Å². The lowest BCUT2D eigenvalue weighted by molar-refractivity contribution is -0.691. The predicted molar refractivity (Wildman–Crippen MR) is 99.4 cm³/mol. The van der Waals surface area contributed by atoms with Gasteiger partial charge in [0.05, 0.1) is 32.5 Å². The lowest BCUT2D eigenvalue weighted by atomic mass is 9.53. The van der Waals surface area contributed by atoms with E-state index in [1.54, 1.807) is 7.11 Å². The number of quaternary nitrogens is 1. The van der Waals surface area contributed by atoms with Crippen LogP contribution < -0.4 is 20.8 Å². The fourth-order valence-electron chi connectivity index (χ4n) is 5.68. The van der Waals surface area contributed by atoms with E-state index in [9.17, 15) is 10.5 Å².